The molecule has 0 spiro atoms. The van der Waals surface area contributed by atoms with Gasteiger partial charge in [0, 0.05) is 28.7 Å². The van der Waals surface area contributed by atoms with Gasteiger partial charge in [-0.1, -0.05) is 54.1 Å². The zero-order chi connectivity index (χ0) is 38.5. The van der Waals surface area contributed by atoms with Crippen molar-refractivity contribution in [3.63, 3.8) is 0 Å². The number of rotatable bonds is 9. The number of phenols is 1. The number of aromatic hydroxyl groups is 1. The van der Waals surface area contributed by atoms with Gasteiger partial charge in [-0.3, -0.25) is 29.0 Å². The first-order valence-corrected chi connectivity index (χ1v) is 19.1. The van der Waals surface area contributed by atoms with Crippen LogP contribution in [0.2, 0.25) is 0 Å². The molecule has 5 aromatic rings. The van der Waals surface area contributed by atoms with Crippen molar-refractivity contribution in [1.82, 2.24) is 0 Å². The van der Waals surface area contributed by atoms with Crippen molar-refractivity contribution in [2.45, 2.75) is 25.7 Å². The summed E-state index contributed by atoms with van der Waals surface area (Å²) in [6.45, 7) is 2.14. The van der Waals surface area contributed by atoms with Crippen LogP contribution in [0.15, 0.2) is 139 Å². The molecule has 1 saturated carbocycles. The lowest BCUT2D eigenvalue weighted by Gasteiger charge is -2.44. The van der Waals surface area contributed by atoms with Crippen molar-refractivity contribution in [2.75, 3.05) is 27.0 Å². The molecule has 4 aliphatic rings. The van der Waals surface area contributed by atoms with Crippen LogP contribution in [0.5, 0.6) is 11.5 Å². The van der Waals surface area contributed by atoms with Gasteiger partial charge in [-0.2, -0.15) is 0 Å². The predicted molar refractivity (Wildman–Crippen MR) is 214 cm³/mol. The lowest BCUT2D eigenvalue weighted by Crippen LogP contribution is -2.43. The highest BCUT2D eigenvalue weighted by Crippen LogP contribution is 2.59. The van der Waals surface area contributed by atoms with Gasteiger partial charge in [0.1, 0.15) is 0 Å². The number of nitrogens with one attached hydrogen (secondary N) is 2. The Kier molecular flexibility index (Phi) is 8.88. The molecule has 3 N–H and O–H groups in total. The molecular formula is C46H40N4O6. The molecule has 10 heteroatoms. The van der Waals surface area contributed by atoms with E-state index in [4.69, 9.17) is 4.74 Å². The summed E-state index contributed by atoms with van der Waals surface area (Å²) in [5.41, 5.74) is 5.98. The van der Waals surface area contributed by atoms with Gasteiger partial charge in [0.2, 0.25) is 23.6 Å². The van der Waals surface area contributed by atoms with Crippen LogP contribution in [-0.4, -0.2) is 35.3 Å². The summed E-state index contributed by atoms with van der Waals surface area (Å²) in [5.74, 6) is -4.79. The maximum absolute atomic E-state index is 14.6. The number of hydrogen-bond donors (Lipinski definition) is 3. The van der Waals surface area contributed by atoms with Crippen LogP contribution in [-0.2, 0) is 19.2 Å². The molecule has 3 fully saturated rings. The van der Waals surface area contributed by atoms with Crippen LogP contribution in [0.3, 0.4) is 0 Å². The molecule has 5 aromatic carbocycles. The summed E-state index contributed by atoms with van der Waals surface area (Å²) in [4.78, 5) is 60.4. The van der Waals surface area contributed by atoms with Crippen LogP contribution < -0.4 is 25.2 Å². The molecule has 10 nitrogen and oxygen atoms in total. The highest BCUT2D eigenvalue weighted by Gasteiger charge is 2.62. The number of amides is 4. The summed E-state index contributed by atoms with van der Waals surface area (Å²) in [6, 6.07) is 38.9. The molecule has 0 bridgehead atoms. The minimum Gasteiger partial charge on any atom is -0.504 e. The third-order valence-corrected chi connectivity index (χ3v) is 11.7. The van der Waals surface area contributed by atoms with E-state index in [-0.39, 0.29) is 41.5 Å². The number of para-hydroxylation sites is 2. The van der Waals surface area contributed by atoms with Crippen LogP contribution in [0.25, 0.3) is 0 Å². The second-order valence-electron chi connectivity index (χ2n) is 14.8. The largest absolute Gasteiger partial charge is 0.504 e. The number of imide groups is 2. The summed E-state index contributed by atoms with van der Waals surface area (Å²) >= 11 is 0. The van der Waals surface area contributed by atoms with Crippen molar-refractivity contribution >= 4 is 57.8 Å². The highest BCUT2D eigenvalue weighted by molar-refractivity contribution is 6.24. The van der Waals surface area contributed by atoms with E-state index in [1.54, 1.807) is 42.5 Å². The van der Waals surface area contributed by atoms with E-state index in [1.807, 2.05) is 97.9 Å². The number of anilines is 6. The fourth-order valence-corrected chi connectivity index (χ4v) is 9.23. The number of allylic oxidation sites excluding steroid dienone is 2. The first kappa shape index (κ1) is 35.0. The number of benzene rings is 5. The molecule has 6 unspecified atom stereocenters. The smallest absolute Gasteiger partial charge is 0.238 e. The van der Waals surface area contributed by atoms with Crippen molar-refractivity contribution in [3.05, 3.63) is 145 Å². The molecule has 0 aromatic heterocycles. The average Bonchev–Trinajstić information content (AvgIpc) is 3.63. The summed E-state index contributed by atoms with van der Waals surface area (Å²) in [6.07, 6.45) is 2.61. The predicted octanol–water partition coefficient (Wildman–Crippen LogP) is 8.32. The third-order valence-electron chi connectivity index (χ3n) is 11.7. The maximum atomic E-state index is 14.6. The zero-order valence-corrected chi connectivity index (χ0v) is 30.7. The zero-order valence-electron chi connectivity index (χ0n) is 30.7. The Bertz CT molecular complexity index is 2360. The molecule has 280 valence electrons. The molecular weight excluding hydrogens is 705 g/mol. The number of carbonyl (C=O) groups is 4. The van der Waals surface area contributed by atoms with E-state index in [0.29, 0.717) is 30.0 Å². The van der Waals surface area contributed by atoms with Crippen LogP contribution in [0.4, 0.5) is 34.1 Å². The van der Waals surface area contributed by atoms with Gasteiger partial charge >= 0.3 is 0 Å². The topological polar surface area (TPSA) is 128 Å². The standard InChI is InChI=1S/C46H40N4O6/c1-2-56-39-25-27(13-24-38(39)51)40-34-22-23-35-41(45(54)49(43(35)52)32-18-14-30(15-19-32)47-28-9-5-3-6-10-28)36(34)26-37-42(40)46(55)50(44(37)53)33-20-16-31(17-21-33)48-29-11-7-4-8-12-29/h3-22,24-25,35-37,40-42,47-48,51H,2,23,26H2,1H3. The van der Waals surface area contributed by atoms with E-state index in [2.05, 4.69) is 10.6 Å². The van der Waals surface area contributed by atoms with Crippen LogP contribution in [0, 0.1) is 29.6 Å². The van der Waals surface area contributed by atoms with Crippen LogP contribution in [0.1, 0.15) is 31.2 Å². The van der Waals surface area contributed by atoms with Crippen molar-refractivity contribution in [1.29, 1.82) is 0 Å². The number of phenolic OH excluding ortho intramolecular Hbond substituents is 1. The normalized spacial score (nSPS) is 24.0. The minimum atomic E-state index is -0.754. The van der Waals surface area contributed by atoms with Gasteiger partial charge in [0.15, 0.2) is 11.5 Å². The van der Waals surface area contributed by atoms with E-state index in [0.717, 1.165) is 28.3 Å². The number of carbonyl (C=O) groups excluding carboxylic acids is 4. The molecule has 56 heavy (non-hydrogen) atoms. The fourth-order valence-electron chi connectivity index (χ4n) is 9.23. The van der Waals surface area contributed by atoms with E-state index in [1.165, 1.54) is 9.80 Å². The first-order valence-electron chi connectivity index (χ1n) is 19.1. The lowest BCUT2D eigenvalue weighted by atomic mass is 9.57. The van der Waals surface area contributed by atoms with Gasteiger partial charge in [-0.25, -0.2) is 0 Å². The SMILES string of the molecule is CCOc1cc(C2C3=CCC4C(=O)N(c5ccc(Nc6ccccc6)cc5)C(=O)C4C3CC3C(=O)N(c4ccc(Nc5ccccc5)cc4)C(=O)C32)ccc1O. The van der Waals surface area contributed by atoms with Gasteiger partial charge in [-0.15, -0.1) is 0 Å². The van der Waals surface area contributed by atoms with Crippen molar-refractivity contribution in [3.8, 4) is 11.5 Å². The monoisotopic (exact) mass is 744 g/mol. The van der Waals surface area contributed by atoms with Crippen LogP contribution >= 0.6 is 0 Å². The Morgan fingerprint density at radius 3 is 1.68 bits per heavy atom. The molecule has 0 radical (unpaired) electrons. The number of ether oxygens (including phenoxy) is 1. The third kappa shape index (κ3) is 5.98. The van der Waals surface area contributed by atoms with Gasteiger partial charge in [0.25, 0.3) is 0 Å². The van der Waals surface area contributed by atoms with Gasteiger partial charge < -0.3 is 20.5 Å². The number of nitrogens with zero attached hydrogens (tertiary/aromatic N) is 2. The summed E-state index contributed by atoms with van der Waals surface area (Å²) in [5, 5.41) is 17.3. The fraction of sp³-hybridized carbons (Fsp3) is 0.217. The molecule has 4 amide bonds. The number of hydrogen-bond acceptors (Lipinski definition) is 8. The van der Waals surface area contributed by atoms with E-state index < -0.39 is 35.5 Å². The highest BCUT2D eigenvalue weighted by atomic mass is 16.5. The maximum Gasteiger partial charge on any atom is 0.238 e. The average molecular weight is 745 g/mol. The molecule has 9 rings (SSSR count). The molecule has 2 aliphatic carbocycles. The van der Waals surface area contributed by atoms with Gasteiger partial charge in [0.05, 0.1) is 41.7 Å². The molecule has 2 heterocycles. The quantitative estimate of drug-likeness (QED) is 0.102. The van der Waals surface area contributed by atoms with E-state index >= 15 is 0 Å². The Balaban J connectivity index is 1.05. The Morgan fingerprint density at radius 1 is 0.607 bits per heavy atom. The Morgan fingerprint density at radius 2 is 1.12 bits per heavy atom. The van der Waals surface area contributed by atoms with Crippen molar-refractivity contribution in [2.24, 2.45) is 29.6 Å². The second kappa shape index (κ2) is 14.2. The molecule has 2 saturated heterocycles. The molecule has 6 atom stereocenters. The minimum absolute atomic E-state index is 0.0333. The Hall–Kier alpha value is -6.68. The van der Waals surface area contributed by atoms with Gasteiger partial charge in [-0.05, 0) is 116 Å². The Labute approximate surface area is 324 Å². The summed E-state index contributed by atoms with van der Waals surface area (Å²) < 4.78 is 5.77. The van der Waals surface area contributed by atoms with Crippen molar-refractivity contribution < 1.29 is 29.0 Å². The van der Waals surface area contributed by atoms with E-state index in [9.17, 15) is 24.3 Å². The number of fused-ring (bicyclic) bond motifs is 4. The second-order valence-corrected chi connectivity index (χ2v) is 14.8. The summed E-state index contributed by atoms with van der Waals surface area (Å²) in [7, 11) is 0. The first-order chi connectivity index (χ1) is 27.3. The lowest BCUT2D eigenvalue weighted by molar-refractivity contribution is -0.126. The molecule has 2 aliphatic heterocycles.